The molecule has 0 heterocycles. The van der Waals surface area contributed by atoms with Crippen molar-refractivity contribution in [1.29, 1.82) is 0 Å². The van der Waals surface area contributed by atoms with Gasteiger partial charge in [-0.3, -0.25) is 9.59 Å². The summed E-state index contributed by atoms with van der Waals surface area (Å²) in [6.45, 7) is 4.86. The van der Waals surface area contributed by atoms with Gasteiger partial charge in [0.2, 0.25) is 5.91 Å². The predicted molar refractivity (Wildman–Crippen MR) is 278 cm³/mol. The highest BCUT2D eigenvalue weighted by molar-refractivity contribution is 5.76. The van der Waals surface area contributed by atoms with Crippen molar-refractivity contribution in [3.63, 3.8) is 0 Å². The number of unbranched alkanes of at least 4 members (excludes halogenated alkanes) is 38. The Labute approximate surface area is 399 Å². The number of rotatable bonds is 53. The van der Waals surface area contributed by atoms with E-state index in [0.717, 1.165) is 77.0 Å². The summed E-state index contributed by atoms with van der Waals surface area (Å²) in [4.78, 5) is 24.5. The maximum Gasteiger partial charge on any atom is 0.305 e. The van der Waals surface area contributed by atoms with Crippen LogP contribution in [0.15, 0.2) is 24.3 Å². The number of hydrogen-bond acceptors (Lipinski definition) is 5. The van der Waals surface area contributed by atoms with Crippen LogP contribution in [0.5, 0.6) is 0 Å². The molecule has 0 fully saturated rings. The zero-order chi connectivity index (χ0) is 46.5. The monoisotopic (exact) mass is 902 g/mol. The van der Waals surface area contributed by atoms with Crippen molar-refractivity contribution < 1.29 is 24.5 Å². The molecule has 2 unspecified atom stereocenters. The number of hydrogen-bond donors (Lipinski definition) is 3. The molecule has 0 radical (unpaired) electrons. The highest BCUT2D eigenvalue weighted by Crippen LogP contribution is 2.17. The fourth-order valence-electron chi connectivity index (χ4n) is 8.81. The first-order valence-electron chi connectivity index (χ1n) is 28.6. The van der Waals surface area contributed by atoms with Gasteiger partial charge in [-0.05, 0) is 77.0 Å². The van der Waals surface area contributed by atoms with E-state index in [2.05, 4.69) is 43.5 Å². The molecule has 0 saturated heterocycles. The molecule has 3 N–H and O–H groups in total. The van der Waals surface area contributed by atoms with Gasteiger partial charge in [-0.25, -0.2) is 0 Å². The van der Waals surface area contributed by atoms with Gasteiger partial charge >= 0.3 is 5.97 Å². The summed E-state index contributed by atoms with van der Waals surface area (Å²) in [5.41, 5.74) is 0. The summed E-state index contributed by atoms with van der Waals surface area (Å²) < 4.78 is 5.43. The molecule has 6 heteroatoms. The summed E-state index contributed by atoms with van der Waals surface area (Å²) >= 11 is 0. The molecule has 0 aliphatic carbocycles. The molecule has 0 bridgehead atoms. The molecular formula is C58H111NO5. The second-order valence-electron chi connectivity index (χ2n) is 19.6. The topological polar surface area (TPSA) is 95.9 Å². The Hall–Kier alpha value is -1.66. The highest BCUT2D eigenvalue weighted by atomic mass is 16.5. The molecule has 0 aliphatic heterocycles. The maximum atomic E-state index is 12.5. The first-order valence-corrected chi connectivity index (χ1v) is 28.6. The maximum absolute atomic E-state index is 12.5. The molecular weight excluding hydrogens is 791 g/mol. The van der Waals surface area contributed by atoms with Crippen molar-refractivity contribution in [3.8, 4) is 0 Å². The molecule has 2 atom stereocenters. The van der Waals surface area contributed by atoms with Crippen LogP contribution in [0.25, 0.3) is 0 Å². The third kappa shape index (κ3) is 49.8. The Balaban J connectivity index is 3.50. The molecule has 0 spiro atoms. The summed E-state index contributed by atoms with van der Waals surface area (Å²) in [6.07, 6.45) is 64.6. The second-order valence-corrected chi connectivity index (χ2v) is 19.6. The van der Waals surface area contributed by atoms with Crippen molar-refractivity contribution in [2.75, 3.05) is 13.2 Å². The SMILES string of the molecule is CCCCCC/C=C\CCCCCCCC(=O)OCCCC/C=C\CCCCCCC(=O)NC(CO)C(O)CCCCCCCCCCCCCCCCCCCCCCCCCC. The Kier molecular flexibility index (Phi) is 52.6. The van der Waals surface area contributed by atoms with Crippen LogP contribution in [0.4, 0.5) is 0 Å². The van der Waals surface area contributed by atoms with Crippen molar-refractivity contribution in [2.45, 2.75) is 321 Å². The zero-order valence-corrected chi connectivity index (χ0v) is 43.0. The second kappa shape index (κ2) is 54.0. The standard InChI is InChI=1S/C58H111NO5/c1-3-5-7-9-11-13-15-17-18-19-20-21-22-23-24-25-26-27-29-30-34-38-42-46-50-56(61)55(54-60)59-57(62)51-47-43-39-35-32-33-37-41-45-49-53-64-58(63)52-48-44-40-36-31-28-16-14-12-10-8-6-4-2/h14,16,33,37,55-56,60-61H,3-13,15,17-32,34-36,38-54H2,1-2H3,(H,59,62)/b16-14-,37-33-. The molecule has 6 nitrogen and oxygen atoms in total. The first kappa shape index (κ1) is 62.3. The summed E-state index contributed by atoms with van der Waals surface area (Å²) in [5.74, 6) is -0.113. The Morgan fingerprint density at radius 1 is 0.422 bits per heavy atom. The van der Waals surface area contributed by atoms with Gasteiger partial charge in [-0.15, -0.1) is 0 Å². The summed E-state index contributed by atoms with van der Waals surface area (Å²) in [6, 6.07) is -0.568. The van der Waals surface area contributed by atoms with E-state index in [9.17, 15) is 19.8 Å². The van der Waals surface area contributed by atoms with E-state index in [1.54, 1.807) is 0 Å². The van der Waals surface area contributed by atoms with Gasteiger partial charge in [-0.2, -0.15) is 0 Å². The number of carbonyl (C=O) groups is 2. The largest absolute Gasteiger partial charge is 0.466 e. The fraction of sp³-hybridized carbons (Fsp3) is 0.897. The summed E-state index contributed by atoms with van der Waals surface area (Å²) in [5, 5.41) is 23.3. The van der Waals surface area contributed by atoms with E-state index < -0.39 is 12.1 Å². The number of esters is 1. The Morgan fingerprint density at radius 2 is 0.734 bits per heavy atom. The predicted octanol–water partition coefficient (Wildman–Crippen LogP) is 17.5. The average molecular weight is 903 g/mol. The molecule has 0 aromatic carbocycles. The minimum Gasteiger partial charge on any atom is -0.466 e. The first-order chi connectivity index (χ1) is 31.5. The van der Waals surface area contributed by atoms with Gasteiger partial charge < -0.3 is 20.3 Å². The van der Waals surface area contributed by atoms with Crippen molar-refractivity contribution in [3.05, 3.63) is 24.3 Å². The number of allylic oxidation sites excluding steroid dienone is 4. The van der Waals surface area contributed by atoms with Gasteiger partial charge in [-0.1, -0.05) is 244 Å². The van der Waals surface area contributed by atoms with Gasteiger partial charge in [0.15, 0.2) is 0 Å². The molecule has 0 saturated carbocycles. The van der Waals surface area contributed by atoms with Crippen LogP contribution in [0.3, 0.4) is 0 Å². The van der Waals surface area contributed by atoms with Gasteiger partial charge in [0.05, 0.1) is 25.4 Å². The molecule has 0 rings (SSSR count). The van der Waals surface area contributed by atoms with Gasteiger partial charge in [0.1, 0.15) is 0 Å². The van der Waals surface area contributed by atoms with E-state index in [4.69, 9.17) is 4.74 Å². The molecule has 0 aliphatic rings. The van der Waals surface area contributed by atoms with Crippen LogP contribution < -0.4 is 5.32 Å². The third-order valence-electron chi connectivity index (χ3n) is 13.2. The lowest BCUT2D eigenvalue weighted by Crippen LogP contribution is -2.45. The summed E-state index contributed by atoms with van der Waals surface area (Å²) in [7, 11) is 0. The molecule has 1 amide bonds. The van der Waals surface area contributed by atoms with Crippen LogP contribution in [-0.2, 0) is 14.3 Å². The minimum atomic E-state index is -0.687. The normalized spacial score (nSPS) is 12.8. The molecule has 64 heavy (non-hydrogen) atoms. The van der Waals surface area contributed by atoms with Crippen LogP contribution in [-0.4, -0.2) is 47.4 Å². The molecule has 378 valence electrons. The lowest BCUT2D eigenvalue weighted by Gasteiger charge is -2.22. The zero-order valence-electron chi connectivity index (χ0n) is 43.0. The minimum absolute atomic E-state index is 0.0448. The number of ether oxygens (including phenoxy) is 1. The lowest BCUT2D eigenvalue weighted by atomic mass is 10.0. The number of nitrogens with one attached hydrogen (secondary N) is 1. The lowest BCUT2D eigenvalue weighted by molar-refractivity contribution is -0.143. The highest BCUT2D eigenvalue weighted by Gasteiger charge is 2.20. The third-order valence-corrected chi connectivity index (χ3v) is 13.2. The molecule has 0 aromatic rings. The van der Waals surface area contributed by atoms with E-state index in [-0.39, 0.29) is 18.5 Å². The quantitative estimate of drug-likeness (QED) is 0.0321. The average Bonchev–Trinajstić information content (AvgIpc) is 3.29. The number of carbonyl (C=O) groups excluding carboxylic acids is 2. The van der Waals surface area contributed by atoms with Crippen molar-refractivity contribution >= 4 is 11.9 Å². The van der Waals surface area contributed by atoms with E-state index in [1.165, 1.54) is 199 Å². The van der Waals surface area contributed by atoms with Gasteiger partial charge in [0.25, 0.3) is 0 Å². The van der Waals surface area contributed by atoms with Crippen LogP contribution >= 0.6 is 0 Å². The van der Waals surface area contributed by atoms with Crippen LogP contribution in [0.1, 0.15) is 309 Å². The van der Waals surface area contributed by atoms with Crippen molar-refractivity contribution in [2.24, 2.45) is 0 Å². The van der Waals surface area contributed by atoms with E-state index >= 15 is 0 Å². The Bertz CT molecular complexity index is 997. The number of aliphatic hydroxyl groups excluding tert-OH is 2. The fourth-order valence-corrected chi connectivity index (χ4v) is 8.81. The van der Waals surface area contributed by atoms with Crippen LogP contribution in [0, 0.1) is 0 Å². The van der Waals surface area contributed by atoms with Crippen LogP contribution in [0.2, 0.25) is 0 Å². The molecule has 0 aromatic heterocycles. The number of amides is 1. The number of aliphatic hydroxyl groups is 2. The Morgan fingerprint density at radius 3 is 1.12 bits per heavy atom. The van der Waals surface area contributed by atoms with E-state index in [0.29, 0.717) is 25.9 Å². The van der Waals surface area contributed by atoms with Crippen molar-refractivity contribution in [1.82, 2.24) is 5.32 Å². The van der Waals surface area contributed by atoms with Gasteiger partial charge in [0, 0.05) is 12.8 Å². The van der Waals surface area contributed by atoms with E-state index in [1.807, 2.05) is 0 Å². The smallest absolute Gasteiger partial charge is 0.305 e.